The van der Waals surface area contributed by atoms with Crippen molar-refractivity contribution < 1.29 is 23.9 Å². The highest BCUT2D eigenvalue weighted by atomic mass is 16.5. The molecule has 0 spiro atoms. The molecule has 2 aromatic rings. The largest absolute Gasteiger partial charge is 0.455 e. The Labute approximate surface area is 174 Å². The maximum atomic E-state index is 12.4. The average molecular weight is 409 g/mol. The molecule has 0 unspecified atom stereocenters. The molecule has 0 aromatic heterocycles. The Hall–Kier alpha value is -3.68. The first-order chi connectivity index (χ1) is 14.3. The summed E-state index contributed by atoms with van der Waals surface area (Å²) in [6.07, 6.45) is 0.0263. The van der Waals surface area contributed by atoms with E-state index in [0.29, 0.717) is 5.56 Å². The zero-order valence-electron chi connectivity index (χ0n) is 16.8. The molecule has 0 saturated carbocycles. The third-order valence-corrected chi connectivity index (χ3v) is 4.80. The lowest BCUT2D eigenvalue weighted by molar-refractivity contribution is -0.152. The summed E-state index contributed by atoms with van der Waals surface area (Å²) >= 11 is 0. The van der Waals surface area contributed by atoms with E-state index in [1.807, 2.05) is 32.0 Å². The van der Waals surface area contributed by atoms with Crippen molar-refractivity contribution in [3.63, 3.8) is 0 Å². The van der Waals surface area contributed by atoms with Crippen LogP contribution in [0.2, 0.25) is 0 Å². The molecule has 30 heavy (non-hydrogen) atoms. The maximum Gasteiger partial charge on any atom is 0.311 e. The van der Waals surface area contributed by atoms with Crippen LogP contribution in [0.4, 0.5) is 5.69 Å². The fourth-order valence-corrected chi connectivity index (χ4v) is 3.29. The number of carbonyl (C=O) groups excluding carboxylic acids is 4. The molecule has 0 radical (unpaired) electrons. The van der Waals surface area contributed by atoms with Gasteiger partial charge in [0.25, 0.3) is 11.8 Å². The minimum absolute atomic E-state index is 0.0263. The Balaban J connectivity index is 1.47. The first kappa shape index (κ1) is 21.0. The Kier molecular flexibility index (Phi) is 6.46. The summed E-state index contributed by atoms with van der Waals surface area (Å²) < 4.78 is 5.03. The van der Waals surface area contributed by atoms with Crippen molar-refractivity contribution in [1.29, 1.82) is 0 Å². The van der Waals surface area contributed by atoms with E-state index in [1.54, 1.807) is 35.2 Å². The van der Waals surface area contributed by atoms with Crippen LogP contribution in [0.5, 0.6) is 0 Å². The van der Waals surface area contributed by atoms with E-state index in [-0.39, 0.29) is 18.9 Å². The predicted octanol–water partition coefficient (Wildman–Crippen LogP) is 1.66. The zero-order chi connectivity index (χ0) is 21.7. The van der Waals surface area contributed by atoms with Gasteiger partial charge in [0.1, 0.15) is 0 Å². The van der Waals surface area contributed by atoms with Gasteiger partial charge in [0.2, 0.25) is 5.91 Å². The van der Waals surface area contributed by atoms with Crippen molar-refractivity contribution in [2.45, 2.75) is 20.3 Å². The van der Waals surface area contributed by atoms with E-state index in [2.05, 4.69) is 10.9 Å². The second kappa shape index (κ2) is 9.21. The summed E-state index contributed by atoms with van der Waals surface area (Å²) in [7, 11) is 0. The number of amides is 3. The van der Waals surface area contributed by atoms with Crippen LogP contribution in [-0.4, -0.2) is 36.8 Å². The van der Waals surface area contributed by atoms with Gasteiger partial charge < -0.3 is 9.64 Å². The molecular formula is C22H23N3O5. The highest BCUT2D eigenvalue weighted by Gasteiger charge is 2.36. The van der Waals surface area contributed by atoms with Crippen LogP contribution >= 0.6 is 0 Å². The van der Waals surface area contributed by atoms with Gasteiger partial charge in [-0.2, -0.15) is 0 Å². The monoisotopic (exact) mass is 409 g/mol. The fourth-order valence-electron chi connectivity index (χ4n) is 3.29. The van der Waals surface area contributed by atoms with Crippen LogP contribution < -0.4 is 15.8 Å². The highest BCUT2D eigenvalue weighted by molar-refractivity contribution is 6.00. The predicted molar refractivity (Wildman–Crippen MR) is 109 cm³/mol. The molecule has 1 fully saturated rings. The Bertz CT molecular complexity index is 974. The molecule has 1 atom stereocenters. The Morgan fingerprint density at radius 2 is 1.80 bits per heavy atom. The third-order valence-electron chi connectivity index (χ3n) is 4.80. The van der Waals surface area contributed by atoms with Gasteiger partial charge in [0, 0.05) is 24.2 Å². The average Bonchev–Trinajstić information content (AvgIpc) is 3.12. The molecule has 1 saturated heterocycles. The first-order valence-corrected chi connectivity index (χ1v) is 9.53. The molecule has 1 aliphatic rings. The summed E-state index contributed by atoms with van der Waals surface area (Å²) in [6, 6.07) is 14.1. The van der Waals surface area contributed by atoms with Crippen LogP contribution in [-0.2, 0) is 19.1 Å². The number of ether oxygens (including phenoxy) is 1. The van der Waals surface area contributed by atoms with Gasteiger partial charge >= 0.3 is 5.97 Å². The number of carbonyl (C=O) groups is 4. The van der Waals surface area contributed by atoms with Crippen molar-refractivity contribution in [3.05, 3.63) is 65.2 Å². The molecule has 8 heteroatoms. The summed E-state index contributed by atoms with van der Waals surface area (Å²) in [6.45, 7) is 3.53. The lowest BCUT2D eigenvalue weighted by atomic mass is 10.1. The van der Waals surface area contributed by atoms with E-state index >= 15 is 0 Å². The molecule has 1 heterocycles. The van der Waals surface area contributed by atoms with Gasteiger partial charge in [-0.25, -0.2) is 0 Å². The van der Waals surface area contributed by atoms with Crippen LogP contribution in [0.15, 0.2) is 48.5 Å². The third kappa shape index (κ3) is 5.02. The number of hydrogen-bond donors (Lipinski definition) is 2. The summed E-state index contributed by atoms with van der Waals surface area (Å²) in [5.41, 5.74) is 7.62. The molecule has 2 N–H and O–H groups in total. The number of aryl methyl sites for hydroxylation is 2. The molecular weight excluding hydrogens is 386 g/mol. The van der Waals surface area contributed by atoms with Gasteiger partial charge in [-0.15, -0.1) is 0 Å². The normalized spacial score (nSPS) is 15.6. The smallest absolute Gasteiger partial charge is 0.311 e. The SMILES string of the molecule is Cc1ccc(N2C[C@@H](C(=O)OCC(=O)NNC(=O)c3ccccc3)CC2=O)c(C)c1. The molecule has 3 amide bonds. The maximum absolute atomic E-state index is 12.4. The second-order valence-corrected chi connectivity index (χ2v) is 7.17. The van der Waals surface area contributed by atoms with Gasteiger partial charge in [0.15, 0.2) is 6.61 Å². The molecule has 156 valence electrons. The van der Waals surface area contributed by atoms with Crippen LogP contribution in [0.3, 0.4) is 0 Å². The van der Waals surface area contributed by atoms with Crippen molar-refractivity contribution in [1.82, 2.24) is 10.9 Å². The summed E-state index contributed by atoms with van der Waals surface area (Å²) in [5.74, 6) is -2.60. The lowest BCUT2D eigenvalue weighted by Crippen LogP contribution is -2.43. The van der Waals surface area contributed by atoms with E-state index in [4.69, 9.17) is 4.74 Å². The van der Waals surface area contributed by atoms with Crippen molar-refractivity contribution in [2.24, 2.45) is 5.92 Å². The number of benzene rings is 2. The van der Waals surface area contributed by atoms with Crippen LogP contribution in [0, 0.1) is 19.8 Å². The minimum Gasteiger partial charge on any atom is -0.455 e. The lowest BCUT2D eigenvalue weighted by Gasteiger charge is -2.19. The topological polar surface area (TPSA) is 105 Å². The number of rotatable bonds is 5. The Morgan fingerprint density at radius 3 is 2.50 bits per heavy atom. The fraction of sp³-hybridized carbons (Fsp3) is 0.273. The van der Waals surface area contributed by atoms with E-state index < -0.39 is 30.3 Å². The summed E-state index contributed by atoms with van der Waals surface area (Å²) in [5, 5.41) is 0. The van der Waals surface area contributed by atoms with Crippen LogP contribution in [0.25, 0.3) is 0 Å². The molecule has 3 rings (SSSR count). The van der Waals surface area contributed by atoms with Gasteiger partial charge in [0.05, 0.1) is 5.92 Å². The number of anilines is 1. The van der Waals surface area contributed by atoms with Gasteiger partial charge in [-0.3, -0.25) is 30.0 Å². The van der Waals surface area contributed by atoms with Crippen molar-refractivity contribution in [2.75, 3.05) is 18.1 Å². The van der Waals surface area contributed by atoms with Gasteiger partial charge in [-0.1, -0.05) is 35.9 Å². The van der Waals surface area contributed by atoms with E-state index in [9.17, 15) is 19.2 Å². The summed E-state index contributed by atoms with van der Waals surface area (Å²) in [4.78, 5) is 50.0. The minimum atomic E-state index is -0.678. The number of hydrogen-bond acceptors (Lipinski definition) is 5. The molecule has 2 aromatic carbocycles. The second-order valence-electron chi connectivity index (χ2n) is 7.17. The van der Waals surface area contributed by atoms with E-state index in [1.165, 1.54) is 0 Å². The molecule has 8 nitrogen and oxygen atoms in total. The zero-order valence-corrected chi connectivity index (χ0v) is 16.8. The highest BCUT2D eigenvalue weighted by Crippen LogP contribution is 2.29. The number of nitrogens with zero attached hydrogens (tertiary/aromatic N) is 1. The van der Waals surface area contributed by atoms with Crippen molar-refractivity contribution >= 4 is 29.4 Å². The van der Waals surface area contributed by atoms with Crippen molar-refractivity contribution in [3.8, 4) is 0 Å². The standard InChI is InChI=1S/C22H23N3O5/c1-14-8-9-18(15(2)10-14)25-12-17(11-20(25)27)22(29)30-13-19(26)23-24-21(28)16-6-4-3-5-7-16/h3-10,17H,11-13H2,1-2H3,(H,23,26)(H,24,28)/t17-/m0/s1. The Morgan fingerprint density at radius 1 is 1.07 bits per heavy atom. The number of hydrazine groups is 1. The first-order valence-electron chi connectivity index (χ1n) is 9.53. The van der Waals surface area contributed by atoms with Gasteiger partial charge in [-0.05, 0) is 37.6 Å². The molecule has 0 aliphatic carbocycles. The van der Waals surface area contributed by atoms with Crippen LogP contribution in [0.1, 0.15) is 27.9 Å². The number of nitrogens with one attached hydrogen (secondary N) is 2. The van der Waals surface area contributed by atoms with E-state index in [0.717, 1.165) is 16.8 Å². The molecule has 0 bridgehead atoms. The quantitative estimate of drug-likeness (QED) is 0.577. The number of esters is 1. The molecule has 1 aliphatic heterocycles.